The lowest BCUT2D eigenvalue weighted by molar-refractivity contribution is 0.103. The number of fused-ring (bicyclic) bond motifs is 1. The molecule has 3 heteroatoms. The Bertz CT molecular complexity index is 1360. The van der Waals surface area contributed by atoms with Gasteiger partial charge in [-0.25, -0.2) is 0 Å². The molecule has 1 heterocycles. The van der Waals surface area contributed by atoms with Gasteiger partial charge in [0, 0.05) is 5.56 Å². The van der Waals surface area contributed by atoms with Crippen LogP contribution in [0.2, 0.25) is 0 Å². The monoisotopic (exact) mass is 409 g/mol. The Hall–Kier alpha value is -3.46. The molecule has 0 fully saturated rings. The number of carbonyl (C=O) groups is 1. The number of carbonyl (C=O) groups excluding carboxylic acids is 1. The van der Waals surface area contributed by atoms with Crippen molar-refractivity contribution >= 4 is 16.7 Å². The Balaban J connectivity index is 1.99. The highest BCUT2D eigenvalue weighted by Crippen LogP contribution is 2.23. The second kappa shape index (κ2) is 7.99. The SMILES string of the molecule is Cc1cc(C)c(Cn2c(=O)c(C(=O)c3ccccc3)cc3cc(C)c(C)cc32)c(C)c1. The number of rotatable bonds is 4. The molecule has 0 saturated heterocycles. The molecule has 0 spiro atoms. The Labute approximate surface area is 183 Å². The van der Waals surface area contributed by atoms with Crippen LogP contribution in [-0.4, -0.2) is 10.4 Å². The first kappa shape index (κ1) is 20.8. The van der Waals surface area contributed by atoms with Crippen molar-refractivity contribution in [2.75, 3.05) is 0 Å². The summed E-state index contributed by atoms with van der Waals surface area (Å²) in [4.78, 5) is 26.9. The molecule has 4 aromatic rings. The normalized spacial score (nSPS) is 11.1. The second-order valence-corrected chi connectivity index (χ2v) is 8.52. The molecule has 31 heavy (non-hydrogen) atoms. The minimum Gasteiger partial charge on any atom is -0.303 e. The molecule has 0 saturated carbocycles. The zero-order chi connectivity index (χ0) is 22.3. The predicted octanol–water partition coefficient (Wildman–Crippen LogP) is 5.82. The van der Waals surface area contributed by atoms with Crippen LogP contribution in [0.1, 0.15) is 49.3 Å². The summed E-state index contributed by atoms with van der Waals surface area (Å²) in [5, 5.41) is 0.907. The van der Waals surface area contributed by atoms with Crippen LogP contribution in [0.15, 0.2) is 65.5 Å². The van der Waals surface area contributed by atoms with E-state index in [2.05, 4.69) is 58.9 Å². The number of aryl methyl sites for hydroxylation is 5. The molecule has 0 aliphatic carbocycles. The van der Waals surface area contributed by atoms with Crippen molar-refractivity contribution in [1.82, 2.24) is 4.57 Å². The van der Waals surface area contributed by atoms with Crippen molar-refractivity contribution in [3.05, 3.63) is 116 Å². The molecule has 156 valence electrons. The van der Waals surface area contributed by atoms with E-state index >= 15 is 0 Å². The highest BCUT2D eigenvalue weighted by atomic mass is 16.1. The van der Waals surface area contributed by atoms with Gasteiger partial charge in [-0.15, -0.1) is 0 Å². The van der Waals surface area contributed by atoms with Crippen LogP contribution in [0, 0.1) is 34.6 Å². The smallest absolute Gasteiger partial charge is 0.262 e. The molecular weight excluding hydrogens is 382 g/mol. The largest absolute Gasteiger partial charge is 0.303 e. The van der Waals surface area contributed by atoms with E-state index in [9.17, 15) is 9.59 Å². The van der Waals surface area contributed by atoms with Gasteiger partial charge >= 0.3 is 0 Å². The molecule has 0 unspecified atom stereocenters. The lowest BCUT2D eigenvalue weighted by Gasteiger charge is -2.17. The number of hydrogen-bond donors (Lipinski definition) is 0. The number of nitrogens with zero attached hydrogens (tertiary/aromatic N) is 1. The van der Waals surface area contributed by atoms with E-state index in [0.717, 1.165) is 38.7 Å². The number of pyridine rings is 1. The maximum Gasteiger partial charge on any atom is 0.262 e. The Morgan fingerprint density at radius 1 is 0.774 bits per heavy atom. The average Bonchev–Trinajstić information content (AvgIpc) is 2.73. The van der Waals surface area contributed by atoms with E-state index in [1.165, 1.54) is 5.56 Å². The summed E-state index contributed by atoms with van der Waals surface area (Å²) < 4.78 is 1.77. The summed E-state index contributed by atoms with van der Waals surface area (Å²) in [6, 6.07) is 19.2. The molecule has 0 N–H and O–H groups in total. The lowest BCUT2D eigenvalue weighted by Crippen LogP contribution is -2.28. The van der Waals surface area contributed by atoms with E-state index in [4.69, 9.17) is 0 Å². The molecule has 0 aliphatic rings. The second-order valence-electron chi connectivity index (χ2n) is 8.52. The summed E-state index contributed by atoms with van der Waals surface area (Å²) >= 11 is 0. The molecular formula is C28H27NO2. The number of hydrogen-bond acceptors (Lipinski definition) is 2. The van der Waals surface area contributed by atoms with Gasteiger partial charge in [-0.05, 0) is 86.0 Å². The van der Waals surface area contributed by atoms with Crippen molar-refractivity contribution in [1.29, 1.82) is 0 Å². The highest BCUT2D eigenvalue weighted by Gasteiger charge is 2.19. The van der Waals surface area contributed by atoms with E-state index in [1.54, 1.807) is 22.8 Å². The maximum absolute atomic E-state index is 13.6. The highest BCUT2D eigenvalue weighted by molar-refractivity contribution is 6.10. The van der Waals surface area contributed by atoms with E-state index in [-0.39, 0.29) is 16.9 Å². The summed E-state index contributed by atoms with van der Waals surface area (Å²) in [6.45, 7) is 10.8. The standard InChI is InChI=1S/C28H27NO2/c1-17-11-20(4)25(21(5)12-17)16-29-26-14-19(3)18(2)13-23(26)15-24(28(29)31)27(30)22-9-7-6-8-10-22/h6-15H,16H2,1-5H3. The predicted molar refractivity (Wildman–Crippen MR) is 127 cm³/mol. The summed E-state index contributed by atoms with van der Waals surface area (Å²) in [5.41, 5.74) is 8.25. The van der Waals surface area contributed by atoms with Crippen molar-refractivity contribution in [3.8, 4) is 0 Å². The molecule has 3 aromatic carbocycles. The van der Waals surface area contributed by atoms with Crippen LogP contribution in [-0.2, 0) is 6.54 Å². The summed E-state index contributed by atoms with van der Waals surface area (Å²) in [6.07, 6.45) is 0. The van der Waals surface area contributed by atoms with Gasteiger partial charge in [-0.3, -0.25) is 9.59 Å². The number of ketones is 1. The fourth-order valence-electron chi connectivity index (χ4n) is 4.33. The first-order valence-electron chi connectivity index (χ1n) is 10.6. The molecule has 0 atom stereocenters. The molecule has 4 rings (SSSR count). The molecule has 0 radical (unpaired) electrons. The van der Waals surface area contributed by atoms with Crippen LogP contribution in [0.4, 0.5) is 0 Å². The fraction of sp³-hybridized carbons (Fsp3) is 0.214. The van der Waals surface area contributed by atoms with Gasteiger partial charge < -0.3 is 4.57 Å². The van der Waals surface area contributed by atoms with Crippen molar-refractivity contribution in [2.24, 2.45) is 0 Å². The minimum atomic E-state index is -0.246. The topological polar surface area (TPSA) is 39.1 Å². The first-order chi connectivity index (χ1) is 14.8. The number of aromatic nitrogens is 1. The van der Waals surface area contributed by atoms with Gasteiger partial charge in [0.1, 0.15) is 0 Å². The quantitative estimate of drug-likeness (QED) is 0.398. The van der Waals surface area contributed by atoms with E-state index < -0.39 is 0 Å². The van der Waals surface area contributed by atoms with Gasteiger partial charge in [-0.1, -0.05) is 48.0 Å². The lowest BCUT2D eigenvalue weighted by atomic mass is 9.98. The summed E-state index contributed by atoms with van der Waals surface area (Å²) in [7, 11) is 0. The van der Waals surface area contributed by atoms with Crippen LogP contribution in [0.25, 0.3) is 10.9 Å². The van der Waals surface area contributed by atoms with Gasteiger partial charge in [0.2, 0.25) is 0 Å². The van der Waals surface area contributed by atoms with Gasteiger partial charge in [0.25, 0.3) is 5.56 Å². The van der Waals surface area contributed by atoms with Crippen LogP contribution < -0.4 is 5.56 Å². The third kappa shape index (κ3) is 3.84. The van der Waals surface area contributed by atoms with Crippen molar-refractivity contribution in [2.45, 2.75) is 41.2 Å². The van der Waals surface area contributed by atoms with Gasteiger partial charge in [0.15, 0.2) is 5.78 Å². The zero-order valence-corrected chi connectivity index (χ0v) is 18.7. The van der Waals surface area contributed by atoms with Gasteiger partial charge in [0.05, 0.1) is 17.6 Å². The Kier molecular flexibility index (Phi) is 5.36. The maximum atomic E-state index is 13.6. The zero-order valence-electron chi connectivity index (χ0n) is 18.7. The molecule has 0 aliphatic heterocycles. The molecule has 0 amide bonds. The summed E-state index contributed by atoms with van der Waals surface area (Å²) in [5.74, 6) is -0.239. The van der Waals surface area contributed by atoms with Crippen molar-refractivity contribution in [3.63, 3.8) is 0 Å². The van der Waals surface area contributed by atoms with Crippen LogP contribution in [0.5, 0.6) is 0 Å². The third-order valence-corrected chi connectivity index (χ3v) is 6.15. The minimum absolute atomic E-state index is 0.212. The van der Waals surface area contributed by atoms with Gasteiger partial charge in [-0.2, -0.15) is 0 Å². The Morgan fingerprint density at radius 3 is 2.03 bits per heavy atom. The van der Waals surface area contributed by atoms with E-state index in [1.807, 2.05) is 18.2 Å². The first-order valence-corrected chi connectivity index (χ1v) is 10.6. The Morgan fingerprint density at radius 2 is 1.39 bits per heavy atom. The molecule has 3 nitrogen and oxygen atoms in total. The molecule has 1 aromatic heterocycles. The van der Waals surface area contributed by atoms with E-state index in [0.29, 0.717) is 12.1 Å². The molecule has 0 bridgehead atoms. The fourth-order valence-corrected chi connectivity index (χ4v) is 4.33. The third-order valence-electron chi connectivity index (χ3n) is 6.15. The average molecular weight is 410 g/mol. The van der Waals surface area contributed by atoms with Crippen LogP contribution in [0.3, 0.4) is 0 Å². The number of benzene rings is 3. The van der Waals surface area contributed by atoms with Crippen LogP contribution >= 0.6 is 0 Å². The van der Waals surface area contributed by atoms with Crippen molar-refractivity contribution < 1.29 is 4.79 Å².